The number of pyridine rings is 1. The van der Waals surface area contributed by atoms with Gasteiger partial charge in [-0.15, -0.1) is 0 Å². The van der Waals surface area contributed by atoms with Crippen LogP contribution < -0.4 is 20.1 Å². The Morgan fingerprint density at radius 1 is 0.964 bits per heavy atom. The highest BCUT2D eigenvalue weighted by atomic mass is 16.5. The largest absolute Gasteiger partial charge is 0.493 e. The number of benzene rings is 2. The minimum atomic E-state index is -0.180. The number of carbonyl (C=O) groups excluding carboxylic acids is 1. The molecular formula is C22H23N3O3. The van der Waals surface area contributed by atoms with Crippen LogP contribution in [0.2, 0.25) is 0 Å². The quantitative estimate of drug-likeness (QED) is 0.643. The number of anilines is 2. The van der Waals surface area contributed by atoms with Gasteiger partial charge in [0, 0.05) is 24.0 Å². The van der Waals surface area contributed by atoms with Crippen LogP contribution in [-0.4, -0.2) is 25.1 Å². The first-order valence-electron chi connectivity index (χ1n) is 8.88. The Labute approximate surface area is 164 Å². The Morgan fingerprint density at radius 2 is 1.71 bits per heavy atom. The Hall–Kier alpha value is -3.54. The molecule has 2 N–H and O–H groups in total. The number of nitrogens with one attached hydrogen (secondary N) is 2. The second kappa shape index (κ2) is 8.90. The molecule has 2 aromatic carbocycles. The number of ether oxygens (including phenoxy) is 2. The molecule has 28 heavy (non-hydrogen) atoms. The molecule has 0 bridgehead atoms. The summed E-state index contributed by atoms with van der Waals surface area (Å²) >= 11 is 0. The van der Waals surface area contributed by atoms with E-state index in [1.807, 2.05) is 49.4 Å². The highest BCUT2D eigenvalue weighted by molar-refractivity contribution is 6.04. The Kier molecular flexibility index (Phi) is 6.11. The van der Waals surface area contributed by atoms with Gasteiger partial charge in [0.05, 0.1) is 14.2 Å². The highest BCUT2D eigenvalue weighted by Gasteiger charge is 2.08. The molecule has 0 aliphatic rings. The molecule has 3 aromatic rings. The molecule has 0 radical (unpaired) electrons. The van der Waals surface area contributed by atoms with Crippen LogP contribution in [0.25, 0.3) is 0 Å². The molecule has 0 fully saturated rings. The van der Waals surface area contributed by atoms with Gasteiger partial charge in [0.2, 0.25) is 0 Å². The van der Waals surface area contributed by atoms with E-state index in [0.717, 1.165) is 16.8 Å². The van der Waals surface area contributed by atoms with Crippen molar-refractivity contribution in [2.45, 2.75) is 13.5 Å². The van der Waals surface area contributed by atoms with Crippen LogP contribution in [-0.2, 0) is 6.54 Å². The zero-order valence-corrected chi connectivity index (χ0v) is 16.2. The summed E-state index contributed by atoms with van der Waals surface area (Å²) in [4.78, 5) is 16.8. The van der Waals surface area contributed by atoms with Crippen molar-refractivity contribution in [1.29, 1.82) is 0 Å². The molecule has 6 heteroatoms. The first-order chi connectivity index (χ1) is 13.6. The van der Waals surface area contributed by atoms with Gasteiger partial charge in [-0.05, 0) is 48.9 Å². The van der Waals surface area contributed by atoms with E-state index in [1.165, 1.54) is 0 Å². The lowest BCUT2D eigenvalue weighted by Crippen LogP contribution is -2.12. The van der Waals surface area contributed by atoms with Gasteiger partial charge in [-0.3, -0.25) is 4.79 Å². The van der Waals surface area contributed by atoms with Crippen LogP contribution in [0.5, 0.6) is 11.5 Å². The van der Waals surface area contributed by atoms with E-state index in [4.69, 9.17) is 9.47 Å². The first kappa shape index (κ1) is 19.2. The zero-order valence-electron chi connectivity index (χ0n) is 16.2. The summed E-state index contributed by atoms with van der Waals surface area (Å²) in [5.74, 6) is 1.78. The van der Waals surface area contributed by atoms with E-state index in [0.29, 0.717) is 29.4 Å². The summed E-state index contributed by atoms with van der Waals surface area (Å²) in [5, 5.41) is 6.12. The third-order valence-electron chi connectivity index (χ3n) is 4.25. The zero-order chi connectivity index (χ0) is 19.9. The number of hydrogen-bond donors (Lipinski definition) is 2. The Balaban J connectivity index is 1.66. The molecule has 1 aromatic heterocycles. The summed E-state index contributed by atoms with van der Waals surface area (Å²) in [6.45, 7) is 2.54. The SMILES string of the molecule is COc1ccc(CNc2cc(C(=O)Nc3ccc(C)cc3)ccn2)cc1OC. The van der Waals surface area contributed by atoms with E-state index in [9.17, 15) is 4.79 Å². The maximum atomic E-state index is 12.5. The molecule has 0 aliphatic heterocycles. The van der Waals surface area contributed by atoms with Gasteiger partial charge in [0.25, 0.3) is 5.91 Å². The minimum absolute atomic E-state index is 0.180. The molecule has 0 spiro atoms. The molecule has 0 atom stereocenters. The number of amides is 1. The van der Waals surface area contributed by atoms with E-state index < -0.39 is 0 Å². The van der Waals surface area contributed by atoms with Crippen LogP contribution >= 0.6 is 0 Å². The summed E-state index contributed by atoms with van der Waals surface area (Å²) in [6.07, 6.45) is 1.61. The lowest BCUT2D eigenvalue weighted by Gasteiger charge is -2.11. The maximum absolute atomic E-state index is 12.5. The van der Waals surface area contributed by atoms with Gasteiger partial charge in [-0.2, -0.15) is 0 Å². The van der Waals surface area contributed by atoms with Crippen LogP contribution in [0.4, 0.5) is 11.5 Å². The third-order valence-corrected chi connectivity index (χ3v) is 4.25. The summed E-state index contributed by atoms with van der Waals surface area (Å²) < 4.78 is 10.6. The van der Waals surface area contributed by atoms with Gasteiger partial charge < -0.3 is 20.1 Å². The molecular weight excluding hydrogens is 354 g/mol. The van der Waals surface area contributed by atoms with Gasteiger partial charge in [-0.1, -0.05) is 23.8 Å². The number of hydrogen-bond acceptors (Lipinski definition) is 5. The summed E-state index contributed by atoms with van der Waals surface area (Å²) in [7, 11) is 3.21. The Bertz CT molecular complexity index is 955. The number of nitrogens with zero attached hydrogens (tertiary/aromatic N) is 1. The first-order valence-corrected chi connectivity index (χ1v) is 8.88. The summed E-state index contributed by atoms with van der Waals surface area (Å²) in [5.41, 5.74) is 3.44. The fourth-order valence-electron chi connectivity index (χ4n) is 2.69. The van der Waals surface area contributed by atoms with E-state index in [1.54, 1.807) is 32.5 Å². The normalized spacial score (nSPS) is 10.2. The topological polar surface area (TPSA) is 72.5 Å². The lowest BCUT2D eigenvalue weighted by atomic mass is 10.2. The maximum Gasteiger partial charge on any atom is 0.255 e. The molecule has 3 rings (SSSR count). The van der Waals surface area contributed by atoms with Gasteiger partial charge in [-0.25, -0.2) is 4.98 Å². The fourth-order valence-corrected chi connectivity index (χ4v) is 2.69. The molecule has 0 saturated heterocycles. The number of aryl methyl sites for hydroxylation is 1. The molecule has 1 amide bonds. The predicted molar refractivity (Wildman–Crippen MR) is 110 cm³/mol. The molecule has 1 heterocycles. The van der Waals surface area contributed by atoms with Crippen molar-refractivity contribution in [3.63, 3.8) is 0 Å². The van der Waals surface area contributed by atoms with Crippen molar-refractivity contribution in [3.8, 4) is 11.5 Å². The van der Waals surface area contributed by atoms with E-state index in [-0.39, 0.29) is 5.91 Å². The standard InChI is InChI=1S/C22H23N3O3/c1-15-4-7-18(8-5-15)25-22(26)17-10-11-23-21(13-17)24-14-16-6-9-19(27-2)20(12-16)28-3/h4-13H,14H2,1-3H3,(H,23,24)(H,25,26). The minimum Gasteiger partial charge on any atom is -0.493 e. The summed E-state index contributed by atoms with van der Waals surface area (Å²) in [6, 6.07) is 16.8. The smallest absolute Gasteiger partial charge is 0.255 e. The monoisotopic (exact) mass is 377 g/mol. The van der Waals surface area contributed by atoms with Crippen molar-refractivity contribution in [1.82, 2.24) is 4.98 Å². The third kappa shape index (κ3) is 4.79. The predicted octanol–water partition coefficient (Wildman–Crippen LogP) is 4.27. The van der Waals surface area contributed by atoms with Crippen LogP contribution in [0.3, 0.4) is 0 Å². The van der Waals surface area contributed by atoms with Crippen molar-refractivity contribution >= 4 is 17.4 Å². The van der Waals surface area contributed by atoms with Crippen LogP contribution in [0, 0.1) is 6.92 Å². The average molecular weight is 377 g/mol. The Morgan fingerprint density at radius 3 is 2.43 bits per heavy atom. The van der Waals surface area contributed by atoms with Crippen molar-refractivity contribution < 1.29 is 14.3 Å². The van der Waals surface area contributed by atoms with Crippen molar-refractivity contribution in [2.75, 3.05) is 24.9 Å². The number of methoxy groups -OCH3 is 2. The average Bonchev–Trinajstić information content (AvgIpc) is 2.73. The molecule has 0 aliphatic carbocycles. The number of carbonyl (C=O) groups is 1. The van der Waals surface area contributed by atoms with E-state index >= 15 is 0 Å². The molecule has 0 saturated carbocycles. The molecule has 6 nitrogen and oxygen atoms in total. The second-order valence-electron chi connectivity index (χ2n) is 6.29. The van der Waals surface area contributed by atoms with Crippen LogP contribution in [0.1, 0.15) is 21.5 Å². The second-order valence-corrected chi connectivity index (χ2v) is 6.29. The lowest BCUT2D eigenvalue weighted by molar-refractivity contribution is 0.102. The number of aromatic nitrogens is 1. The van der Waals surface area contributed by atoms with Crippen molar-refractivity contribution in [2.24, 2.45) is 0 Å². The van der Waals surface area contributed by atoms with Crippen molar-refractivity contribution in [3.05, 3.63) is 77.5 Å². The highest BCUT2D eigenvalue weighted by Crippen LogP contribution is 2.27. The van der Waals surface area contributed by atoms with Crippen LogP contribution in [0.15, 0.2) is 60.8 Å². The molecule has 0 unspecified atom stereocenters. The number of rotatable bonds is 7. The van der Waals surface area contributed by atoms with Gasteiger partial charge in [0.15, 0.2) is 11.5 Å². The fraction of sp³-hybridized carbons (Fsp3) is 0.182. The van der Waals surface area contributed by atoms with E-state index in [2.05, 4.69) is 15.6 Å². The van der Waals surface area contributed by atoms with Gasteiger partial charge >= 0.3 is 0 Å². The molecule has 144 valence electrons. The van der Waals surface area contributed by atoms with Gasteiger partial charge in [0.1, 0.15) is 5.82 Å².